The van der Waals surface area contributed by atoms with E-state index in [4.69, 9.17) is 0 Å². The van der Waals surface area contributed by atoms with E-state index < -0.39 is 21.9 Å². The molecule has 8 heteroatoms. The van der Waals surface area contributed by atoms with Gasteiger partial charge in [-0.15, -0.1) is 0 Å². The highest BCUT2D eigenvalue weighted by Crippen LogP contribution is 2.20. The third kappa shape index (κ3) is 2.33. The lowest BCUT2D eigenvalue weighted by Gasteiger charge is -1.96. The van der Waals surface area contributed by atoms with Crippen molar-refractivity contribution >= 4 is 28.7 Å². The van der Waals surface area contributed by atoms with Gasteiger partial charge < -0.3 is 9.97 Å². The van der Waals surface area contributed by atoms with Gasteiger partial charge in [0.15, 0.2) is 0 Å². The fourth-order valence-electron chi connectivity index (χ4n) is 2.20. The first-order valence-corrected chi connectivity index (χ1v) is 6.31. The van der Waals surface area contributed by atoms with Gasteiger partial charge in [-0.2, -0.15) is 0 Å². The number of hydrogen-bond donors (Lipinski definition) is 3. The summed E-state index contributed by atoms with van der Waals surface area (Å²) in [7, 11) is 0. The van der Waals surface area contributed by atoms with E-state index in [0.717, 1.165) is 16.5 Å². The standard InChI is InChI=1S/C14H10N4O4/c19-13-12(18(21)22)11(16-14(20)17-13)6-5-8-7-15-10-4-2-1-3-9(8)10/h1-7,15H,(H2,16,17,19,20)/b6-5-. The van der Waals surface area contributed by atoms with Crippen molar-refractivity contribution in [2.45, 2.75) is 0 Å². The Morgan fingerprint density at radius 1 is 1.09 bits per heavy atom. The predicted octanol–water partition coefficient (Wildman–Crippen LogP) is 1.62. The molecule has 110 valence electrons. The fourth-order valence-corrected chi connectivity index (χ4v) is 2.20. The van der Waals surface area contributed by atoms with Gasteiger partial charge >= 0.3 is 16.9 Å². The number of hydrogen-bond acceptors (Lipinski definition) is 4. The first-order valence-electron chi connectivity index (χ1n) is 6.31. The second kappa shape index (κ2) is 5.17. The minimum Gasteiger partial charge on any atom is -0.361 e. The third-order valence-corrected chi connectivity index (χ3v) is 3.18. The Balaban J connectivity index is 2.12. The number of rotatable bonds is 3. The van der Waals surface area contributed by atoms with E-state index in [1.165, 1.54) is 6.08 Å². The molecule has 8 nitrogen and oxygen atoms in total. The molecule has 0 unspecified atom stereocenters. The number of nitrogens with zero attached hydrogens (tertiary/aromatic N) is 1. The minimum atomic E-state index is -1.03. The number of para-hydroxylation sites is 1. The van der Waals surface area contributed by atoms with Crippen LogP contribution in [0.15, 0.2) is 40.1 Å². The summed E-state index contributed by atoms with van der Waals surface area (Å²) in [5.41, 5.74) is -0.983. The van der Waals surface area contributed by atoms with E-state index in [0.29, 0.717) is 0 Å². The number of fused-ring (bicyclic) bond motifs is 1. The van der Waals surface area contributed by atoms with Crippen LogP contribution < -0.4 is 11.2 Å². The van der Waals surface area contributed by atoms with Crippen LogP contribution in [0.4, 0.5) is 5.69 Å². The Kier molecular flexibility index (Phi) is 3.18. The molecule has 0 fully saturated rings. The second-order valence-corrected chi connectivity index (χ2v) is 4.55. The van der Waals surface area contributed by atoms with Crippen LogP contribution in [0, 0.1) is 10.1 Å². The van der Waals surface area contributed by atoms with E-state index in [9.17, 15) is 19.7 Å². The molecule has 0 saturated heterocycles. The summed E-state index contributed by atoms with van der Waals surface area (Å²) in [6.07, 6.45) is 4.67. The Hall–Kier alpha value is -3.42. The Labute approximate surface area is 122 Å². The van der Waals surface area contributed by atoms with Gasteiger partial charge in [0.05, 0.1) is 4.92 Å². The van der Waals surface area contributed by atoms with E-state index in [-0.39, 0.29) is 5.69 Å². The molecule has 2 aromatic heterocycles. The summed E-state index contributed by atoms with van der Waals surface area (Å²) in [5, 5.41) is 11.9. The summed E-state index contributed by atoms with van der Waals surface area (Å²) in [6.45, 7) is 0. The number of aromatic nitrogens is 3. The largest absolute Gasteiger partial charge is 0.361 e. The quantitative estimate of drug-likeness (QED) is 0.502. The SMILES string of the molecule is O=c1[nH]c(/C=C\c2c[nH]c3ccccc23)c([N+](=O)[O-])c(=O)[nH]1. The van der Waals surface area contributed by atoms with Crippen molar-refractivity contribution in [1.82, 2.24) is 15.0 Å². The summed E-state index contributed by atoms with van der Waals surface area (Å²) in [5.74, 6) is 0. The highest BCUT2D eigenvalue weighted by atomic mass is 16.6. The normalized spacial score (nSPS) is 11.3. The highest BCUT2D eigenvalue weighted by Gasteiger charge is 2.18. The maximum Gasteiger partial charge on any atom is 0.357 e. The third-order valence-electron chi connectivity index (χ3n) is 3.18. The first-order chi connectivity index (χ1) is 10.6. The Morgan fingerprint density at radius 2 is 1.86 bits per heavy atom. The van der Waals surface area contributed by atoms with Crippen LogP contribution in [0.2, 0.25) is 0 Å². The van der Waals surface area contributed by atoms with Gasteiger partial charge in [0, 0.05) is 17.1 Å². The van der Waals surface area contributed by atoms with Gasteiger partial charge in [-0.05, 0) is 17.7 Å². The molecule has 0 aliphatic rings. The molecule has 3 rings (SSSR count). The highest BCUT2D eigenvalue weighted by molar-refractivity contribution is 5.91. The summed E-state index contributed by atoms with van der Waals surface area (Å²) in [6, 6.07) is 7.53. The van der Waals surface area contributed by atoms with E-state index in [1.807, 2.05) is 29.2 Å². The smallest absolute Gasteiger partial charge is 0.357 e. The molecule has 0 aliphatic heterocycles. The van der Waals surface area contributed by atoms with Crippen molar-refractivity contribution in [3.63, 3.8) is 0 Å². The molecule has 1 aromatic carbocycles. The van der Waals surface area contributed by atoms with Crippen LogP contribution in [0.1, 0.15) is 11.3 Å². The topological polar surface area (TPSA) is 125 Å². The zero-order chi connectivity index (χ0) is 15.7. The first kappa shape index (κ1) is 13.6. The summed E-state index contributed by atoms with van der Waals surface area (Å²) < 4.78 is 0. The van der Waals surface area contributed by atoms with Crippen molar-refractivity contribution in [3.05, 3.63) is 72.7 Å². The Bertz CT molecular complexity index is 1010. The van der Waals surface area contributed by atoms with Gasteiger partial charge in [-0.25, -0.2) is 4.79 Å². The number of nitro groups is 1. The van der Waals surface area contributed by atoms with Gasteiger partial charge in [-0.3, -0.25) is 19.9 Å². The van der Waals surface area contributed by atoms with Crippen LogP contribution in [-0.4, -0.2) is 19.9 Å². The molecule has 0 saturated carbocycles. The maximum absolute atomic E-state index is 11.5. The van der Waals surface area contributed by atoms with Crippen LogP contribution in [0.5, 0.6) is 0 Å². The van der Waals surface area contributed by atoms with Crippen LogP contribution in [0.3, 0.4) is 0 Å². The average Bonchev–Trinajstić information content (AvgIpc) is 2.87. The van der Waals surface area contributed by atoms with Gasteiger partial charge in [0.1, 0.15) is 5.69 Å². The number of benzene rings is 1. The van der Waals surface area contributed by atoms with Crippen molar-refractivity contribution in [3.8, 4) is 0 Å². The lowest BCUT2D eigenvalue weighted by atomic mass is 10.1. The monoisotopic (exact) mass is 298 g/mol. The van der Waals surface area contributed by atoms with E-state index in [1.54, 1.807) is 12.3 Å². The van der Waals surface area contributed by atoms with Gasteiger partial charge in [0.25, 0.3) is 0 Å². The van der Waals surface area contributed by atoms with Crippen molar-refractivity contribution in [2.24, 2.45) is 0 Å². The summed E-state index contributed by atoms with van der Waals surface area (Å²) >= 11 is 0. The van der Waals surface area contributed by atoms with Crippen LogP contribution in [-0.2, 0) is 0 Å². The molecule has 0 radical (unpaired) electrons. The van der Waals surface area contributed by atoms with Gasteiger partial charge in [0.2, 0.25) is 0 Å². The zero-order valence-corrected chi connectivity index (χ0v) is 11.1. The summed E-state index contributed by atoms with van der Waals surface area (Å²) in [4.78, 5) is 40.1. The molecule has 0 amide bonds. The number of H-pyrrole nitrogens is 3. The van der Waals surface area contributed by atoms with Gasteiger partial charge in [-0.1, -0.05) is 24.3 Å². The van der Waals surface area contributed by atoms with Crippen molar-refractivity contribution < 1.29 is 4.92 Å². The van der Waals surface area contributed by atoms with Crippen LogP contribution >= 0.6 is 0 Å². The van der Waals surface area contributed by atoms with E-state index in [2.05, 4.69) is 9.97 Å². The molecular formula is C14H10N4O4. The molecular weight excluding hydrogens is 288 g/mol. The molecule has 0 spiro atoms. The lowest BCUT2D eigenvalue weighted by molar-refractivity contribution is -0.386. The molecule has 3 aromatic rings. The molecule has 0 bridgehead atoms. The molecule has 0 aliphatic carbocycles. The van der Waals surface area contributed by atoms with Crippen molar-refractivity contribution in [1.29, 1.82) is 0 Å². The van der Waals surface area contributed by atoms with E-state index >= 15 is 0 Å². The second-order valence-electron chi connectivity index (χ2n) is 4.55. The fraction of sp³-hybridized carbons (Fsp3) is 0. The molecule has 3 N–H and O–H groups in total. The average molecular weight is 298 g/mol. The molecule has 2 heterocycles. The zero-order valence-electron chi connectivity index (χ0n) is 11.1. The lowest BCUT2D eigenvalue weighted by Crippen LogP contribution is -2.25. The predicted molar refractivity (Wildman–Crippen MR) is 81.6 cm³/mol. The Morgan fingerprint density at radius 3 is 2.64 bits per heavy atom. The molecule has 0 atom stereocenters. The van der Waals surface area contributed by atoms with Crippen molar-refractivity contribution in [2.75, 3.05) is 0 Å². The maximum atomic E-state index is 11.5. The minimum absolute atomic E-state index is 0.149. The van der Waals surface area contributed by atoms with Crippen LogP contribution in [0.25, 0.3) is 23.1 Å². The number of aromatic amines is 3. The number of nitrogens with one attached hydrogen (secondary N) is 3. The molecule has 22 heavy (non-hydrogen) atoms.